The Labute approximate surface area is 152 Å². The molecule has 25 heavy (non-hydrogen) atoms. The smallest absolute Gasteiger partial charge is 0.317 e. The summed E-state index contributed by atoms with van der Waals surface area (Å²) in [4.78, 5) is 32.2. The van der Waals surface area contributed by atoms with E-state index in [1.807, 2.05) is 0 Å². The monoisotopic (exact) mass is 365 g/mol. The maximum absolute atomic E-state index is 12.3. The van der Waals surface area contributed by atoms with Crippen LogP contribution in [-0.4, -0.2) is 54.5 Å². The number of likely N-dealkylation sites (tertiary alicyclic amines) is 1. The van der Waals surface area contributed by atoms with Crippen molar-refractivity contribution in [3.05, 3.63) is 11.1 Å². The van der Waals surface area contributed by atoms with Crippen molar-refractivity contribution in [1.29, 1.82) is 0 Å². The van der Waals surface area contributed by atoms with Crippen LogP contribution in [0, 0.1) is 5.92 Å². The third kappa shape index (κ3) is 5.07. The number of primary amides is 1. The average molecular weight is 366 g/mol. The third-order valence-corrected chi connectivity index (χ3v) is 5.82. The summed E-state index contributed by atoms with van der Waals surface area (Å²) in [6, 6.07) is -0.0517. The number of carbonyl (C=O) groups excluding carboxylic acids is 2. The van der Waals surface area contributed by atoms with Gasteiger partial charge in [-0.25, -0.2) is 9.78 Å². The predicted molar refractivity (Wildman–Crippen MR) is 98.8 cm³/mol. The number of anilines is 1. The molecule has 2 aliphatic heterocycles. The largest absolute Gasteiger partial charge is 0.370 e. The molecule has 7 nitrogen and oxygen atoms in total. The number of amides is 3. The van der Waals surface area contributed by atoms with Crippen LogP contribution in [0.25, 0.3) is 0 Å². The molecule has 0 aromatic carbocycles. The zero-order chi connectivity index (χ0) is 17.6. The van der Waals surface area contributed by atoms with Crippen LogP contribution in [0.1, 0.15) is 37.8 Å². The highest BCUT2D eigenvalue weighted by molar-refractivity contribution is 7.13. The average Bonchev–Trinajstić information content (AvgIpc) is 3.25. The molecule has 3 heterocycles. The Balaban J connectivity index is 1.41. The summed E-state index contributed by atoms with van der Waals surface area (Å²) in [6.07, 6.45) is 5.49. The number of nitrogens with zero attached hydrogens (tertiary/aromatic N) is 3. The van der Waals surface area contributed by atoms with E-state index in [9.17, 15) is 9.59 Å². The molecule has 2 saturated heterocycles. The summed E-state index contributed by atoms with van der Waals surface area (Å²) < 4.78 is 0. The van der Waals surface area contributed by atoms with Crippen LogP contribution in [0.15, 0.2) is 5.38 Å². The molecule has 0 saturated carbocycles. The molecule has 0 radical (unpaired) electrons. The van der Waals surface area contributed by atoms with Crippen molar-refractivity contribution in [2.24, 2.45) is 11.7 Å². The van der Waals surface area contributed by atoms with Crippen molar-refractivity contribution >= 4 is 28.4 Å². The molecule has 0 bridgehead atoms. The fourth-order valence-electron chi connectivity index (χ4n) is 3.57. The van der Waals surface area contributed by atoms with Gasteiger partial charge >= 0.3 is 6.03 Å². The fraction of sp³-hybridized carbons (Fsp3) is 0.706. The molecule has 138 valence electrons. The summed E-state index contributed by atoms with van der Waals surface area (Å²) in [7, 11) is 0. The van der Waals surface area contributed by atoms with Gasteiger partial charge in [0.1, 0.15) is 0 Å². The Kier molecular flexibility index (Phi) is 6.12. The highest BCUT2D eigenvalue weighted by Crippen LogP contribution is 2.24. The van der Waals surface area contributed by atoms with Gasteiger partial charge in [0.05, 0.1) is 5.69 Å². The van der Waals surface area contributed by atoms with E-state index in [0.29, 0.717) is 19.5 Å². The number of aromatic nitrogens is 1. The van der Waals surface area contributed by atoms with Gasteiger partial charge in [0.15, 0.2) is 5.13 Å². The van der Waals surface area contributed by atoms with Gasteiger partial charge < -0.3 is 20.9 Å². The van der Waals surface area contributed by atoms with E-state index >= 15 is 0 Å². The van der Waals surface area contributed by atoms with Crippen LogP contribution >= 0.6 is 11.3 Å². The first-order valence-corrected chi connectivity index (χ1v) is 10.00. The number of hydrogen-bond acceptors (Lipinski definition) is 5. The van der Waals surface area contributed by atoms with Gasteiger partial charge in [0.2, 0.25) is 5.91 Å². The van der Waals surface area contributed by atoms with Crippen molar-refractivity contribution in [3.63, 3.8) is 0 Å². The lowest BCUT2D eigenvalue weighted by molar-refractivity contribution is -0.119. The second kappa shape index (κ2) is 8.51. The van der Waals surface area contributed by atoms with Gasteiger partial charge in [-0.05, 0) is 31.6 Å². The Bertz CT molecular complexity index is 600. The molecule has 1 aromatic rings. The molecule has 1 unspecified atom stereocenters. The molecule has 8 heteroatoms. The van der Waals surface area contributed by atoms with E-state index < -0.39 is 0 Å². The number of rotatable bonds is 6. The van der Waals surface area contributed by atoms with E-state index in [-0.39, 0.29) is 17.9 Å². The maximum Gasteiger partial charge on any atom is 0.317 e. The summed E-state index contributed by atoms with van der Waals surface area (Å²) >= 11 is 1.69. The summed E-state index contributed by atoms with van der Waals surface area (Å²) in [5.74, 6) is -0.0943. The number of carbonyl (C=O) groups is 2. The normalized spacial score (nSPS) is 20.7. The van der Waals surface area contributed by atoms with Crippen LogP contribution < -0.4 is 16.0 Å². The van der Waals surface area contributed by atoms with Crippen molar-refractivity contribution in [2.75, 3.05) is 37.6 Å². The number of piperidine rings is 1. The van der Waals surface area contributed by atoms with Gasteiger partial charge in [-0.15, -0.1) is 11.3 Å². The quantitative estimate of drug-likeness (QED) is 0.801. The maximum atomic E-state index is 12.3. The van der Waals surface area contributed by atoms with Crippen LogP contribution in [0.3, 0.4) is 0 Å². The van der Waals surface area contributed by atoms with E-state index in [0.717, 1.165) is 49.7 Å². The topological polar surface area (TPSA) is 91.6 Å². The summed E-state index contributed by atoms with van der Waals surface area (Å²) in [5.41, 5.74) is 6.31. The van der Waals surface area contributed by atoms with Gasteiger partial charge in [0.25, 0.3) is 0 Å². The predicted octanol–water partition coefficient (Wildman–Crippen LogP) is 1.58. The molecule has 0 spiro atoms. The van der Waals surface area contributed by atoms with Gasteiger partial charge in [0, 0.05) is 50.9 Å². The molecule has 2 aliphatic rings. The first-order valence-electron chi connectivity index (χ1n) is 9.12. The second-order valence-corrected chi connectivity index (χ2v) is 7.76. The third-order valence-electron chi connectivity index (χ3n) is 4.87. The molecule has 2 fully saturated rings. The van der Waals surface area contributed by atoms with Crippen LogP contribution in [0.5, 0.6) is 0 Å². The Morgan fingerprint density at radius 2 is 2.08 bits per heavy atom. The van der Waals surface area contributed by atoms with E-state index in [1.165, 1.54) is 12.8 Å². The highest BCUT2D eigenvalue weighted by Gasteiger charge is 2.24. The zero-order valence-electron chi connectivity index (χ0n) is 14.6. The highest BCUT2D eigenvalue weighted by atomic mass is 32.1. The van der Waals surface area contributed by atoms with Gasteiger partial charge in [-0.2, -0.15) is 0 Å². The second-order valence-electron chi connectivity index (χ2n) is 6.92. The number of urea groups is 1. The van der Waals surface area contributed by atoms with Crippen LogP contribution in [0.2, 0.25) is 0 Å². The Morgan fingerprint density at radius 3 is 2.84 bits per heavy atom. The molecule has 3 rings (SSSR count). The van der Waals surface area contributed by atoms with E-state index in [2.05, 4.69) is 20.6 Å². The first-order chi connectivity index (χ1) is 12.1. The SMILES string of the molecule is NC(=O)CC1CCCN(C(=O)NCCc2csc(N3CCCC3)n2)C1. The molecule has 0 aliphatic carbocycles. The van der Waals surface area contributed by atoms with Gasteiger partial charge in [-0.3, -0.25) is 4.79 Å². The lowest BCUT2D eigenvalue weighted by Gasteiger charge is -2.32. The van der Waals surface area contributed by atoms with Crippen LogP contribution in [0.4, 0.5) is 9.93 Å². The lowest BCUT2D eigenvalue weighted by atomic mass is 9.95. The Morgan fingerprint density at radius 1 is 1.28 bits per heavy atom. The van der Waals surface area contributed by atoms with Crippen LogP contribution in [-0.2, 0) is 11.2 Å². The van der Waals surface area contributed by atoms with Crippen molar-refractivity contribution in [1.82, 2.24) is 15.2 Å². The van der Waals surface area contributed by atoms with Crippen molar-refractivity contribution in [2.45, 2.75) is 38.5 Å². The van der Waals surface area contributed by atoms with Gasteiger partial charge in [-0.1, -0.05) is 0 Å². The number of hydrogen-bond donors (Lipinski definition) is 2. The standard InChI is InChI=1S/C17H27N5O2S/c18-15(23)10-13-4-3-9-22(11-13)16(24)19-6-5-14-12-25-17(20-14)21-7-1-2-8-21/h12-13H,1-11H2,(H2,18,23)(H,19,24). The summed E-state index contributed by atoms with van der Waals surface area (Å²) in [5, 5.41) is 6.16. The lowest BCUT2D eigenvalue weighted by Crippen LogP contribution is -2.46. The number of thiazole rings is 1. The minimum Gasteiger partial charge on any atom is -0.370 e. The Hall–Kier alpha value is -1.83. The van der Waals surface area contributed by atoms with E-state index in [4.69, 9.17) is 5.73 Å². The molecule has 1 aromatic heterocycles. The van der Waals surface area contributed by atoms with Crippen molar-refractivity contribution < 1.29 is 9.59 Å². The minimum atomic E-state index is -0.287. The molecule has 3 N–H and O–H groups in total. The van der Waals surface area contributed by atoms with Crippen molar-refractivity contribution in [3.8, 4) is 0 Å². The van der Waals surface area contributed by atoms with E-state index in [1.54, 1.807) is 16.2 Å². The molecular formula is C17H27N5O2S. The number of nitrogens with one attached hydrogen (secondary N) is 1. The number of nitrogens with two attached hydrogens (primary N) is 1. The molecule has 1 atom stereocenters. The summed E-state index contributed by atoms with van der Waals surface area (Å²) in [6.45, 7) is 4.15. The minimum absolute atomic E-state index is 0.0517. The molecule has 3 amide bonds. The molecular weight excluding hydrogens is 338 g/mol. The zero-order valence-corrected chi connectivity index (χ0v) is 15.4. The fourth-order valence-corrected chi connectivity index (χ4v) is 4.49. The first kappa shape index (κ1) is 18.0.